The van der Waals surface area contributed by atoms with Crippen LogP contribution in [0.5, 0.6) is 0 Å². The Balaban J connectivity index is 1.70. The molecule has 68 heavy (non-hydrogen) atoms. The van der Waals surface area contributed by atoms with Crippen molar-refractivity contribution in [3.8, 4) is 0 Å². The van der Waals surface area contributed by atoms with Crippen molar-refractivity contribution in [2.75, 3.05) is 47.9 Å². The van der Waals surface area contributed by atoms with E-state index in [0.29, 0.717) is 25.8 Å². The number of nitrogens with zero attached hydrogens (tertiary/aromatic N) is 4. The number of carboxylic acids is 1. The first-order chi connectivity index (χ1) is 32.1. The molecule has 2 aliphatic rings. The van der Waals surface area contributed by atoms with Gasteiger partial charge in [-0.05, 0) is 36.2 Å². The molecular formula is C49H75N7O12. The van der Waals surface area contributed by atoms with E-state index < -0.39 is 95.7 Å². The first-order valence-electron chi connectivity index (χ1n) is 23.6. The summed E-state index contributed by atoms with van der Waals surface area (Å²) in [5.74, 6) is -6.51. The Morgan fingerprint density at radius 2 is 1.47 bits per heavy atom. The number of imide groups is 1. The number of hydrogen-bond donors (Lipinski definition) is 4. The van der Waals surface area contributed by atoms with Gasteiger partial charge in [0.2, 0.25) is 35.4 Å². The van der Waals surface area contributed by atoms with Crippen molar-refractivity contribution in [3.63, 3.8) is 0 Å². The zero-order chi connectivity index (χ0) is 51.0. The highest BCUT2D eigenvalue weighted by molar-refractivity contribution is 6.13. The molecule has 4 N–H and O–H groups in total. The highest BCUT2D eigenvalue weighted by atomic mass is 16.5. The van der Waals surface area contributed by atoms with Crippen molar-refractivity contribution in [1.82, 2.24) is 35.6 Å². The Morgan fingerprint density at radius 1 is 0.838 bits per heavy atom. The van der Waals surface area contributed by atoms with Crippen LogP contribution in [0.2, 0.25) is 0 Å². The van der Waals surface area contributed by atoms with Gasteiger partial charge in [-0.25, -0.2) is 4.79 Å². The average Bonchev–Trinajstić information content (AvgIpc) is 3.91. The van der Waals surface area contributed by atoms with Crippen LogP contribution in [0.3, 0.4) is 0 Å². The van der Waals surface area contributed by atoms with Crippen molar-refractivity contribution in [1.29, 1.82) is 0 Å². The molecule has 1 fully saturated rings. The largest absolute Gasteiger partial charge is 0.480 e. The second-order valence-corrected chi connectivity index (χ2v) is 18.6. The van der Waals surface area contributed by atoms with Gasteiger partial charge in [0.15, 0.2) is 0 Å². The molecule has 0 aromatic heterocycles. The molecule has 19 nitrogen and oxygen atoms in total. The maximum Gasteiger partial charge on any atom is 0.326 e. The van der Waals surface area contributed by atoms with E-state index in [0.717, 1.165) is 22.6 Å². The highest BCUT2D eigenvalue weighted by Gasteiger charge is 2.44. The molecule has 0 radical (unpaired) electrons. The minimum atomic E-state index is -1.17. The van der Waals surface area contributed by atoms with E-state index in [1.165, 1.54) is 31.1 Å². The molecule has 1 aromatic rings. The summed E-state index contributed by atoms with van der Waals surface area (Å²) in [7, 11) is 6.06. The number of amides is 8. The van der Waals surface area contributed by atoms with Crippen molar-refractivity contribution in [2.45, 2.75) is 136 Å². The van der Waals surface area contributed by atoms with Crippen LogP contribution in [0.4, 0.5) is 0 Å². The van der Waals surface area contributed by atoms with E-state index in [9.17, 15) is 48.3 Å². The fourth-order valence-corrected chi connectivity index (χ4v) is 9.15. The third-order valence-electron chi connectivity index (χ3n) is 13.2. The number of carbonyl (C=O) groups excluding carboxylic acids is 8. The van der Waals surface area contributed by atoms with E-state index in [2.05, 4.69) is 16.0 Å². The lowest BCUT2D eigenvalue weighted by molar-refractivity contribution is -0.149. The summed E-state index contributed by atoms with van der Waals surface area (Å²) < 4.78 is 11.9. The minimum absolute atomic E-state index is 0.0428. The molecule has 378 valence electrons. The predicted octanol–water partition coefficient (Wildman–Crippen LogP) is 2.16. The quantitative estimate of drug-likeness (QED) is 0.0929. The Bertz CT molecular complexity index is 1940. The van der Waals surface area contributed by atoms with Crippen LogP contribution in [-0.4, -0.2) is 168 Å². The number of ether oxygens (including phenoxy) is 2. The second kappa shape index (κ2) is 26.7. The molecule has 0 saturated carbocycles. The van der Waals surface area contributed by atoms with E-state index in [-0.39, 0.29) is 62.4 Å². The minimum Gasteiger partial charge on any atom is -0.480 e. The fraction of sp³-hybridized carbons (Fsp3) is 0.653. The molecule has 1 saturated heterocycles. The first-order valence-corrected chi connectivity index (χ1v) is 23.6. The van der Waals surface area contributed by atoms with Crippen LogP contribution in [0, 0.1) is 23.7 Å². The number of methoxy groups -OCH3 is 2. The lowest BCUT2D eigenvalue weighted by Crippen LogP contribution is -2.60. The summed E-state index contributed by atoms with van der Waals surface area (Å²) in [6.07, 6.45) is 2.28. The van der Waals surface area contributed by atoms with Crippen LogP contribution >= 0.6 is 0 Å². The van der Waals surface area contributed by atoms with Gasteiger partial charge >= 0.3 is 5.97 Å². The molecule has 8 amide bonds. The van der Waals surface area contributed by atoms with Crippen molar-refractivity contribution in [3.05, 3.63) is 48.0 Å². The summed E-state index contributed by atoms with van der Waals surface area (Å²) in [5, 5.41) is 18.1. The van der Waals surface area contributed by atoms with Gasteiger partial charge in [-0.2, -0.15) is 0 Å². The maximum atomic E-state index is 14.6. The van der Waals surface area contributed by atoms with Crippen molar-refractivity contribution < 1.29 is 57.7 Å². The van der Waals surface area contributed by atoms with E-state index in [4.69, 9.17) is 9.47 Å². The Labute approximate surface area is 401 Å². The van der Waals surface area contributed by atoms with Crippen molar-refractivity contribution >= 4 is 53.2 Å². The molecule has 0 bridgehead atoms. The fourth-order valence-electron chi connectivity index (χ4n) is 9.15. The maximum absolute atomic E-state index is 14.6. The molecular weight excluding hydrogens is 879 g/mol. The van der Waals surface area contributed by atoms with E-state index in [1.807, 2.05) is 19.9 Å². The summed E-state index contributed by atoms with van der Waals surface area (Å²) in [4.78, 5) is 124. The van der Waals surface area contributed by atoms with Crippen LogP contribution in [0.1, 0.15) is 92.6 Å². The predicted molar refractivity (Wildman–Crippen MR) is 252 cm³/mol. The van der Waals surface area contributed by atoms with Gasteiger partial charge in [0.25, 0.3) is 11.8 Å². The molecule has 3 rings (SSSR count). The summed E-state index contributed by atoms with van der Waals surface area (Å²) >= 11 is 0. The van der Waals surface area contributed by atoms with Crippen LogP contribution in [0.15, 0.2) is 42.5 Å². The van der Waals surface area contributed by atoms with E-state index in [1.54, 1.807) is 70.8 Å². The topological polar surface area (TPSA) is 241 Å². The Hall–Kier alpha value is -5.69. The SMILES string of the molecule is CCC(C)[C@@H](C(CC(=O)N1CCC[C@H]1C(OC)[C@@H](C)C(=O)N[C@@H](Cc1ccccc1)C(=O)O)OC)N(C)C(=O)[C@@H](NC(=O)[C@H](C(C)C)N(C)C(=O)CCNC(=O)CCN1C(=O)C=CC1=O)C(C)C. The second-order valence-electron chi connectivity index (χ2n) is 18.6. The van der Waals surface area contributed by atoms with Crippen LogP contribution in [0.25, 0.3) is 0 Å². The normalized spacial score (nSPS) is 18.3. The molecule has 9 atom stereocenters. The smallest absolute Gasteiger partial charge is 0.326 e. The summed E-state index contributed by atoms with van der Waals surface area (Å²) in [6, 6.07) is 4.72. The number of aliphatic carboxylic acids is 1. The first kappa shape index (κ1) is 56.6. The lowest BCUT2D eigenvalue weighted by atomic mass is 9.89. The summed E-state index contributed by atoms with van der Waals surface area (Å²) in [6.45, 7) is 13.0. The number of benzene rings is 1. The molecule has 3 unspecified atom stereocenters. The zero-order valence-electron chi connectivity index (χ0n) is 41.7. The highest BCUT2D eigenvalue weighted by Crippen LogP contribution is 2.30. The number of likely N-dealkylation sites (N-methyl/N-ethyl adjacent to an activating group) is 2. The van der Waals surface area contributed by atoms with Gasteiger partial charge in [-0.15, -0.1) is 0 Å². The van der Waals surface area contributed by atoms with Crippen LogP contribution < -0.4 is 16.0 Å². The molecule has 2 aliphatic heterocycles. The Kier molecular flexibility index (Phi) is 22.3. The summed E-state index contributed by atoms with van der Waals surface area (Å²) in [5.41, 5.74) is 0.754. The van der Waals surface area contributed by atoms with Gasteiger partial charge in [0.1, 0.15) is 18.1 Å². The van der Waals surface area contributed by atoms with Gasteiger partial charge in [0, 0.05) is 79.4 Å². The third kappa shape index (κ3) is 15.2. The number of nitrogens with one attached hydrogen (secondary N) is 3. The van der Waals surface area contributed by atoms with Gasteiger partial charge in [0.05, 0.1) is 36.6 Å². The molecule has 2 heterocycles. The number of likely N-dealkylation sites (tertiary alicyclic amines) is 1. The van der Waals surface area contributed by atoms with Crippen LogP contribution in [-0.2, 0) is 59.0 Å². The molecule has 0 spiro atoms. The van der Waals surface area contributed by atoms with Gasteiger partial charge in [-0.1, -0.05) is 85.2 Å². The zero-order valence-corrected chi connectivity index (χ0v) is 41.7. The molecule has 0 aliphatic carbocycles. The third-order valence-corrected chi connectivity index (χ3v) is 13.2. The molecule has 19 heteroatoms. The van der Waals surface area contributed by atoms with Gasteiger partial charge < -0.3 is 45.2 Å². The number of carbonyl (C=O) groups is 9. The van der Waals surface area contributed by atoms with E-state index >= 15 is 0 Å². The van der Waals surface area contributed by atoms with Crippen molar-refractivity contribution in [2.24, 2.45) is 23.7 Å². The average molecular weight is 954 g/mol. The standard InChI is InChI=1S/C49H75N7O12/c1-12-31(6)44(36(67-10)28-41(61)55-25-16-19-35(55)45(68-11)32(7)46(62)51-34(49(65)66)27-33-17-14-13-15-18-33)54(9)48(64)42(29(2)3)52-47(63)43(30(4)5)53(8)38(58)22-24-50-37(57)23-26-56-39(59)20-21-40(56)60/h13-15,17-18,20-21,29-32,34-36,42-45H,12,16,19,22-28H2,1-11H3,(H,50,57)(H,51,62)(H,52,63)(H,65,66)/t31?,32-,34+,35+,36?,42+,43+,44+,45?/m1/s1. The number of rotatable bonds is 27. The Morgan fingerprint density at radius 3 is 2.01 bits per heavy atom. The monoisotopic (exact) mass is 954 g/mol. The lowest BCUT2D eigenvalue weighted by Gasteiger charge is -2.41. The number of carboxylic acid groups (broad SMARTS) is 1. The van der Waals surface area contributed by atoms with Gasteiger partial charge in [-0.3, -0.25) is 43.3 Å². The molecule has 1 aromatic carbocycles. The number of hydrogen-bond acceptors (Lipinski definition) is 11.